The Morgan fingerprint density at radius 2 is 1.04 bits per heavy atom. The van der Waals surface area contributed by atoms with Crippen LogP contribution >= 0.6 is 0 Å². The van der Waals surface area contributed by atoms with Crippen LogP contribution in [0.5, 0.6) is 0 Å². The zero-order valence-corrected chi connectivity index (χ0v) is 20.0. The Kier molecular flexibility index (Phi) is 7.24. The molecule has 0 aliphatic rings. The molecule has 0 aromatic heterocycles. The fourth-order valence-electron chi connectivity index (χ4n) is 2.09. The van der Waals surface area contributed by atoms with Crippen LogP contribution in [0.4, 0.5) is 0 Å². The summed E-state index contributed by atoms with van der Waals surface area (Å²) in [5, 5.41) is 0.219. The number of carbonyl (C=O) groups excluding carboxylic acids is 1. The van der Waals surface area contributed by atoms with E-state index in [-0.39, 0.29) is 10.1 Å². The highest BCUT2D eigenvalue weighted by molar-refractivity contribution is 6.32. The molecule has 0 aliphatic carbocycles. The molecule has 5 heteroatoms. The van der Waals surface area contributed by atoms with Crippen molar-refractivity contribution in [3.8, 4) is 0 Å². The lowest BCUT2D eigenvalue weighted by atomic mass is 9.89. The third-order valence-corrected chi connectivity index (χ3v) is 6.16. The van der Waals surface area contributed by atoms with E-state index >= 15 is 0 Å². The molecule has 1 aromatic carbocycles. The Bertz CT molecular complexity index is 575. The predicted molar refractivity (Wildman–Crippen MR) is 111 cm³/mol. The minimum atomic E-state index is -0.470. The third-order valence-electron chi connectivity index (χ3n) is 3.71. The summed E-state index contributed by atoms with van der Waals surface area (Å²) < 4.78 is 12.5. The molecular formula is C21H34O3Si2. The zero-order valence-electron chi connectivity index (χ0n) is 18.0. The quantitative estimate of drug-likeness (QED) is 0.444. The van der Waals surface area contributed by atoms with Crippen molar-refractivity contribution in [3.63, 3.8) is 0 Å². The molecule has 0 aliphatic heterocycles. The summed E-state index contributed by atoms with van der Waals surface area (Å²) in [4.78, 5) is 11.5. The van der Waals surface area contributed by atoms with Crippen molar-refractivity contribution in [2.24, 2.45) is 0 Å². The van der Waals surface area contributed by atoms with Gasteiger partial charge in [0.15, 0.2) is 0 Å². The molecule has 0 atom stereocenters. The Balaban J connectivity index is 3.20. The molecule has 4 radical (unpaired) electrons. The van der Waals surface area contributed by atoms with Crippen molar-refractivity contribution >= 4 is 25.8 Å². The predicted octanol–water partition coefficient (Wildman–Crippen LogP) is 5.68. The number of hydrogen-bond donors (Lipinski definition) is 0. The van der Waals surface area contributed by atoms with E-state index in [0.717, 1.165) is 17.4 Å². The first kappa shape index (κ1) is 23.3. The van der Waals surface area contributed by atoms with Gasteiger partial charge in [0.25, 0.3) is 0 Å². The maximum absolute atomic E-state index is 11.5. The topological polar surface area (TPSA) is 35.5 Å². The van der Waals surface area contributed by atoms with Crippen LogP contribution in [0.1, 0.15) is 90.7 Å². The van der Waals surface area contributed by atoms with Crippen LogP contribution in [0.25, 0.3) is 0 Å². The number of carbonyl (C=O) groups is 1. The Labute approximate surface area is 165 Å². The van der Waals surface area contributed by atoms with Gasteiger partial charge in [-0.2, -0.15) is 0 Å². The first-order valence-corrected chi connectivity index (χ1v) is 10.9. The van der Waals surface area contributed by atoms with Crippen LogP contribution in [0.3, 0.4) is 0 Å². The lowest BCUT2D eigenvalue weighted by Crippen LogP contribution is -2.30. The van der Waals surface area contributed by atoms with Crippen molar-refractivity contribution in [1.29, 1.82) is 0 Å². The van der Waals surface area contributed by atoms with E-state index in [2.05, 4.69) is 75.3 Å². The standard InChI is InChI=1S/C21H34O3Si2/c1-18(2,3)25-23-20(7,8)16-11-15(14-22)12-17(13-16)21(9,10)24-26-19(4,5)6/h11-14H,1-10H3. The van der Waals surface area contributed by atoms with Crippen molar-refractivity contribution < 1.29 is 13.6 Å². The summed E-state index contributed by atoms with van der Waals surface area (Å²) in [5.74, 6) is 0. The Morgan fingerprint density at radius 3 is 1.31 bits per heavy atom. The van der Waals surface area contributed by atoms with Gasteiger partial charge >= 0.3 is 0 Å². The van der Waals surface area contributed by atoms with Gasteiger partial charge in [0.2, 0.25) is 19.5 Å². The lowest BCUT2D eigenvalue weighted by molar-refractivity contribution is 0.102. The van der Waals surface area contributed by atoms with Crippen LogP contribution in [0, 0.1) is 0 Å². The first-order valence-electron chi connectivity index (χ1n) is 9.07. The highest BCUT2D eigenvalue weighted by Crippen LogP contribution is 2.35. The maximum atomic E-state index is 11.5. The Morgan fingerprint density at radius 1 is 0.692 bits per heavy atom. The van der Waals surface area contributed by atoms with Crippen molar-refractivity contribution in [3.05, 3.63) is 34.9 Å². The molecule has 0 saturated heterocycles. The van der Waals surface area contributed by atoms with Gasteiger partial charge in [-0.1, -0.05) is 47.6 Å². The molecule has 0 fully saturated rings. The summed E-state index contributed by atoms with van der Waals surface area (Å²) in [6.07, 6.45) is 0.900. The Hall–Kier alpha value is -0.756. The summed E-state index contributed by atoms with van der Waals surface area (Å²) in [5.41, 5.74) is 1.72. The SMILES string of the molecule is CC(C)(C)[Si]OC(C)(C)c1cc(C=O)cc(C(C)(C)O[Si]C(C)(C)C)c1. The van der Waals surface area contributed by atoms with Gasteiger partial charge in [0.05, 0.1) is 11.2 Å². The van der Waals surface area contributed by atoms with E-state index in [4.69, 9.17) is 8.85 Å². The average Bonchev–Trinajstić information content (AvgIpc) is 2.49. The van der Waals surface area contributed by atoms with Crippen molar-refractivity contribution in [1.82, 2.24) is 0 Å². The van der Waals surface area contributed by atoms with Crippen molar-refractivity contribution in [2.45, 2.75) is 90.5 Å². The molecule has 0 unspecified atom stereocenters. The molecule has 0 spiro atoms. The molecule has 1 aromatic rings. The van der Waals surface area contributed by atoms with Gasteiger partial charge < -0.3 is 8.85 Å². The van der Waals surface area contributed by atoms with E-state index in [9.17, 15) is 4.79 Å². The van der Waals surface area contributed by atoms with Crippen LogP contribution < -0.4 is 0 Å². The molecule has 0 amide bonds. The minimum Gasteiger partial charge on any atom is -0.408 e. The molecule has 0 heterocycles. The number of benzene rings is 1. The molecule has 0 saturated carbocycles. The summed E-state index contributed by atoms with van der Waals surface area (Å²) in [6, 6.07) is 5.96. The highest BCUT2D eigenvalue weighted by atomic mass is 28.2. The van der Waals surface area contributed by atoms with Gasteiger partial charge in [-0.3, -0.25) is 4.79 Å². The van der Waals surface area contributed by atoms with E-state index < -0.39 is 11.2 Å². The van der Waals surface area contributed by atoms with Crippen LogP contribution in [0.15, 0.2) is 18.2 Å². The number of hydrogen-bond acceptors (Lipinski definition) is 3. The van der Waals surface area contributed by atoms with Crippen molar-refractivity contribution in [2.75, 3.05) is 0 Å². The second-order valence-electron chi connectivity index (χ2n) is 9.89. The minimum absolute atomic E-state index is 0.110. The maximum Gasteiger partial charge on any atom is 0.236 e. The van der Waals surface area contributed by atoms with E-state index in [1.165, 1.54) is 0 Å². The number of aldehydes is 1. The van der Waals surface area contributed by atoms with Crippen LogP contribution in [-0.2, 0) is 20.1 Å². The fourth-order valence-corrected chi connectivity index (χ4v) is 3.45. The van der Waals surface area contributed by atoms with E-state index in [1.807, 2.05) is 12.1 Å². The van der Waals surface area contributed by atoms with Crippen LogP contribution in [-0.4, -0.2) is 25.8 Å². The lowest BCUT2D eigenvalue weighted by Gasteiger charge is -2.33. The molecule has 0 bridgehead atoms. The van der Waals surface area contributed by atoms with Gasteiger partial charge in [-0.05, 0) is 61.0 Å². The normalized spacial score (nSPS) is 13.8. The molecule has 1 rings (SSSR count). The molecule has 26 heavy (non-hydrogen) atoms. The van der Waals surface area contributed by atoms with E-state index in [1.54, 1.807) is 0 Å². The second-order valence-corrected chi connectivity index (χ2v) is 13.7. The summed E-state index contributed by atoms with van der Waals surface area (Å²) in [7, 11) is 0.748. The van der Waals surface area contributed by atoms with Gasteiger partial charge in [0, 0.05) is 5.56 Å². The smallest absolute Gasteiger partial charge is 0.236 e. The summed E-state index contributed by atoms with van der Waals surface area (Å²) >= 11 is 0. The monoisotopic (exact) mass is 390 g/mol. The molecule has 144 valence electrons. The highest BCUT2D eigenvalue weighted by Gasteiger charge is 2.30. The van der Waals surface area contributed by atoms with Gasteiger partial charge in [-0.25, -0.2) is 0 Å². The second kappa shape index (κ2) is 8.09. The molecular weight excluding hydrogens is 356 g/mol. The first-order chi connectivity index (χ1) is 11.6. The van der Waals surface area contributed by atoms with Gasteiger partial charge in [0.1, 0.15) is 6.29 Å². The zero-order chi connectivity index (χ0) is 20.4. The van der Waals surface area contributed by atoms with E-state index in [0.29, 0.717) is 25.1 Å². The largest absolute Gasteiger partial charge is 0.408 e. The average molecular weight is 391 g/mol. The molecule has 0 N–H and O–H groups in total. The van der Waals surface area contributed by atoms with Gasteiger partial charge in [-0.15, -0.1) is 0 Å². The summed E-state index contributed by atoms with van der Waals surface area (Å²) in [6.45, 7) is 21.2. The molecule has 3 nitrogen and oxygen atoms in total. The fraction of sp³-hybridized carbons (Fsp3) is 0.667. The third kappa shape index (κ3) is 7.47. The number of rotatable bonds is 7. The van der Waals surface area contributed by atoms with Crippen LogP contribution in [0.2, 0.25) is 10.1 Å².